The average Bonchev–Trinajstić information content (AvgIpc) is 3.80. The molecule has 3 heterocycles. The number of benzene rings is 1. The summed E-state index contributed by atoms with van der Waals surface area (Å²) >= 11 is 0. The minimum Gasteiger partial charge on any atom is -0.482 e. The van der Waals surface area contributed by atoms with E-state index in [1.54, 1.807) is 50.4 Å². The standard InChI is InChI=1S/C30H39N5O6/c1-30(2)29(38)34(12-5-13-39-3)25-15-23(9-10-26(25)41-30)35(22-7-8-22)28(37)20-14-21(17-32-16-20)33-27(36)19-40-24-6-4-11-31-18-24/h4,6,9-11,15,18,20-22,32H,5,7-8,12-14,16-17,19H2,1-3H3,(H,33,36)/t20?,21-/m0/s1. The van der Waals surface area contributed by atoms with Gasteiger partial charge in [0.05, 0.1) is 17.8 Å². The summed E-state index contributed by atoms with van der Waals surface area (Å²) in [5.74, 6) is 0.484. The highest BCUT2D eigenvalue weighted by Gasteiger charge is 2.43. The number of amides is 3. The molecule has 0 bridgehead atoms. The average molecular weight is 566 g/mol. The number of nitrogens with zero attached hydrogens (tertiary/aromatic N) is 3. The van der Waals surface area contributed by atoms with Crippen molar-refractivity contribution in [2.24, 2.45) is 5.92 Å². The van der Waals surface area contributed by atoms with Crippen molar-refractivity contribution in [3.63, 3.8) is 0 Å². The summed E-state index contributed by atoms with van der Waals surface area (Å²) in [6, 6.07) is 9.06. The van der Waals surface area contributed by atoms with Crippen molar-refractivity contribution in [1.29, 1.82) is 0 Å². The molecule has 2 N–H and O–H groups in total. The van der Waals surface area contributed by atoms with E-state index in [2.05, 4.69) is 15.6 Å². The number of rotatable bonds is 11. The van der Waals surface area contributed by atoms with Crippen LogP contribution in [0.25, 0.3) is 0 Å². The van der Waals surface area contributed by atoms with Crippen LogP contribution in [0.2, 0.25) is 0 Å². The van der Waals surface area contributed by atoms with Gasteiger partial charge in [-0.3, -0.25) is 19.4 Å². The SMILES string of the molecule is COCCCN1C(=O)C(C)(C)Oc2ccc(N(C(=O)C3CNC[C@@H](NC(=O)COc4cccnc4)C3)C3CC3)cc21. The van der Waals surface area contributed by atoms with Gasteiger partial charge in [-0.15, -0.1) is 0 Å². The van der Waals surface area contributed by atoms with Crippen LogP contribution in [-0.2, 0) is 19.1 Å². The van der Waals surface area contributed by atoms with Gasteiger partial charge in [0.25, 0.3) is 11.8 Å². The number of carbonyl (C=O) groups excluding carboxylic acids is 3. The first kappa shape index (κ1) is 28.8. The third-order valence-corrected chi connectivity index (χ3v) is 7.59. The molecule has 1 unspecified atom stereocenters. The van der Waals surface area contributed by atoms with Gasteiger partial charge in [0.15, 0.2) is 12.2 Å². The number of fused-ring (bicyclic) bond motifs is 1. The number of hydrogen-bond donors (Lipinski definition) is 2. The lowest BCUT2D eigenvalue weighted by molar-refractivity contribution is -0.132. The molecule has 1 aromatic carbocycles. The molecule has 220 valence electrons. The topological polar surface area (TPSA) is 122 Å². The van der Waals surface area contributed by atoms with Gasteiger partial charge in [0, 0.05) is 57.3 Å². The fourth-order valence-electron chi connectivity index (χ4n) is 5.43. The highest BCUT2D eigenvalue weighted by atomic mass is 16.5. The number of ether oxygens (including phenoxy) is 3. The molecule has 11 heteroatoms. The fraction of sp³-hybridized carbons (Fsp3) is 0.533. The molecule has 5 rings (SSSR count). The zero-order valence-electron chi connectivity index (χ0n) is 23.9. The Morgan fingerprint density at radius 3 is 2.80 bits per heavy atom. The summed E-state index contributed by atoms with van der Waals surface area (Å²) in [7, 11) is 1.64. The van der Waals surface area contributed by atoms with Gasteiger partial charge in [-0.2, -0.15) is 0 Å². The molecular formula is C30H39N5O6. The second kappa shape index (κ2) is 12.4. The fourth-order valence-corrected chi connectivity index (χ4v) is 5.43. The van der Waals surface area contributed by atoms with Crippen molar-refractivity contribution in [2.75, 3.05) is 49.8 Å². The maximum absolute atomic E-state index is 14.0. The second-order valence-corrected chi connectivity index (χ2v) is 11.3. The highest BCUT2D eigenvalue weighted by Crippen LogP contribution is 2.42. The maximum Gasteiger partial charge on any atom is 0.270 e. The number of nitrogens with one attached hydrogen (secondary N) is 2. The molecule has 2 aliphatic heterocycles. The van der Waals surface area contributed by atoms with Crippen molar-refractivity contribution < 1.29 is 28.6 Å². The van der Waals surface area contributed by atoms with Crippen LogP contribution in [0.1, 0.15) is 39.5 Å². The molecule has 1 aliphatic carbocycles. The van der Waals surface area contributed by atoms with Gasteiger partial charge < -0.3 is 34.6 Å². The number of hydrogen-bond acceptors (Lipinski definition) is 8. The van der Waals surface area contributed by atoms with Crippen LogP contribution in [0.3, 0.4) is 0 Å². The lowest BCUT2D eigenvalue weighted by Gasteiger charge is -2.40. The van der Waals surface area contributed by atoms with Gasteiger partial charge in [-0.1, -0.05) is 0 Å². The van der Waals surface area contributed by atoms with Gasteiger partial charge in [-0.05, 0) is 69.9 Å². The molecule has 1 aromatic heterocycles. The van der Waals surface area contributed by atoms with Gasteiger partial charge in [-0.25, -0.2) is 0 Å². The van der Waals surface area contributed by atoms with Gasteiger partial charge >= 0.3 is 0 Å². The smallest absolute Gasteiger partial charge is 0.270 e. The molecule has 0 spiro atoms. The molecule has 2 atom stereocenters. The number of carbonyl (C=O) groups is 3. The predicted molar refractivity (Wildman–Crippen MR) is 153 cm³/mol. The van der Waals surface area contributed by atoms with E-state index >= 15 is 0 Å². The first-order chi connectivity index (χ1) is 19.8. The molecule has 0 radical (unpaired) electrons. The van der Waals surface area contributed by atoms with Gasteiger partial charge in [0.1, 0.15) is 11.5 Å². The summed E-state index contributed by atoms with van der Waals surface area (Å²) in [5, 5.41) is 6.31. The van der Waals surface area contributed by atoms with E-state index in [0.717, 1.165) is 18.5 Å². The maximum atomic E-state index is 14.0. The normalized spacial score (nSPS) is 21.4. The minimum absolute atomic E-state index is 0.0137. The van der Waals surface area contributed by atoms with E-state index < -0.39 is 5.60 Å². The summed E-state index contributed by atoms with van der Waals surface area (Å²) in [5.41, 5.74) is 0.436. The zero-order valence-corrected chi connectivity index (χ0v) is 23.9. The molecule has 1 saturated carbocycles. The molecule has 41 heavy (non-hydrogen) atoms. The molecule has 11 nitrogen and oxygen atoms in total. The lowest BCUT2D eigenvalue weighted by Crippen LogP contribution is -2.54. The van der Waals surface area contributed by atoms with Crippen molar-refractivity contribution >= 4 is 29.1 Å². The van der Waals surface area contributed by atoms with Crippen LogP contribution in [0.4, 0.5) is 11.4 Å². The van der Waals surface area contributed by atoms with Crippen LogP contribution >= 0.6 is 0 Å². The third kappa shape index (κ3) is 6.79. The van der Waals surface area contributed by atoms with E-state index in [1.807, 2.05) is 23.1 Å². The lowest BCUT2D eigenvalue weighted by atomic mass is 9.93. The third-order valence-electron chi connectivity index (χ3n) is 7.59. The summed E-state index contributed by atoms with van der Waals surface area (Å²) in [6.07, 6.45) is 6.25. The van der Waals surface area contributed by atoms with E-state index in [0.29, 0.717) is 56.3 Å². The Kier molecular flexibility index (Phi) is 8.74. The summed E-state index contributed by atoms with van der Waals surface area (Å²) in [6.45, 7) is 5.56. The van der Waals surface area contributed by atoms with Crippen LogP contribution in [-0.4, -0.2) is 80.3 Å². The molecular weight excluding hydrogens is 526 g/mol. The quantitative estimate of drug-likeness (QED) is 0.398. The molecule has 3 amide bonds. The van der Waals surface area contributed by atoms with E-state index in [4.69, 9.17) is 14.2 Å². The zero-order chi connectivity index (χ0) is 29.0. The number of anilines is 2. The number of aromatic nitrogens is 1. The summed E-state index contributed by atoms with van der Waals surface area (Å²) in [4.78, 5) is 47.4. The number of methoxy groups -OCH3 is 1. The molecule has 3 aliphatic rings. The number of piperidine rings is 1. The van der Waals surface area contributed by atoms with Crippen LogP contribution in [0.5, 0.6) is 11.5 Å². The molecule has 2 aromatic rings. The van der Waals surface area contributed by atoms with Crippen molar-refractivity contribution in [1.82, 2.24) is 15.6 Å². The Labute approximate surface area is 240 Å². The van der Waals surface area contributed by atoms with E-state index in [-0.39, 0.29) is 42.3 Å². The predicted octanol–water partition coefficient (Wildman–Crippen LogP) is 2.29. The Hall–Kier alpha value is -3.70. The van der Waals surface area contributed by atoms with Crippen LogP contribution in [0, 0.1) is 5.92 Å². The first-order valence-electron chi connectivity index (χ1n) is 14.3. The minimum atomic E-state index is -0.982. The van der Waals surface area contributed by atoms with E-state index in [1.165, 1.54) is 0 Å². The Balaban J connectivity index is 1.28. The highest BCUT2D eigenvalue weighted by molar-refractivity contribution is 6.04. The van der Waals surface area contributed by atoms with Crippen molar-refractivity contribution in [3.05, 3.63) is 42.7 Å². The van der Waals surface area contributed by atoms with Crippen molar-refractivity contribution in [2.45, 2.75) is 57.2 Å². The largest absolute Gasteiger partial charge is 0.482 e. The van der Waals surface area contributed by atoms with E-state index in [9.17, 15) is 14.4 Å². The van der Waals surface area contributed by atoms with Crippen LogP contribution in [0.15, 0.2) is 42.7 Å². The Morgan fingerprint density at radius 1 is 1.24 bits per heavy atom. The Morgan fingerprint density at radius 2 is 2.07 bits per heavy atom. The number of pyridine rings is 1. The molecule has 1 saturated heterocycles. The molecule has 2 fully saturated rings. The Bertz CT molecular complexity index is 1250. The van der Waals surface area contributed by atoms with Crippen molar-refractivity contribution in [3.8, 4) is 11.5 Å². The monoisotopic (exact) mass is 565 g/mol. The second-order valence-electron chi connectivity index (χ2n) is 11.3. The first-order valence-corrected chi connectivity index (χ1v) is 14.3. The van der Waals surface area contributed by atoms with Gasteiger partial charge in [0.2, 0.25) is 5.91 Å². The van der Waals surface area contributed by atoms with Crippen LogP contribution < -0.4 is 29.9 Å². The summed E-state index contributed by atoms with van der Waals surface area (Å²) < 4.78 is 16.8.